The van der Waals surface area contributed by atoms with Crippen molar-refractivity contribution in [1.29, 1.82) is 5.26 Å². The minimum Gasteiger partial charge on any atom is -0.207 e. The van der Waals surface area contributed by atoms with Gasteiger partial charge in [-0.25, -0.2) is 4.39 Å². The van der Waals surface area contributed by atoms with Gasteiger partial charge in [-0.1, -0.05) is 43.9 Å². The molecule has 2 saturated carbocycles. The Labute approximate surface area is 164 Å². The maximum atomic E-state index is 13.1. The van der Waals surface area contributed by atoms with Crippen LogP contribution in [0.5, 0.6) is 0 Å². The molecule has 2 fully saturated rings. The second-order valence-electron chi connectivity index (χ2n) is 8.82. The summed E-state index contributed by atoms with van der Waals surface area (Å²) in [6, 6.07) is 9.28. The van der Waals surface area contributed by atoms with Crippen LogP contribution in [0.2, 0.25) is 0 Å². The molecule has 2 aliphatic carbocycles. The van der Waals surface area contributed by atoms with Gasteiger partial charge in [0.05, 0.1) is 6.07 Å². The monoisotopic (exact) mass is 367 g/mol. The van der Waals surface area contributed by atoms with Gasteiger partial charge in [0, 0.05) is 6.08 Å². The van der Waals surface area contributed by atoms with E-state index < -0.39 is 0 Å². The highest BCUT2D eigenvalue weighted by Gasteiger charge is 2.23. The fourth-order valence-corrected chi connectivity index (χ4v) is 5.23. The van der Waals surface area contributed by atoms with Crippen LogP contribution < -0.4 is 0 Å². The zero-order valence-electron chi connectivity index (χ0n) is 16.6. The van der Waals surface area contributed by atoms with Crippen LogP contribution in [0.15, 0.2) is 36.4 Å². The zero-order valence-corrected chi connectivity index (χ0v) is 16.6. The van der Waals surface area contributed by atoms with Crippen molar-refractivity contribution < 1.29 is 4.39 Å². The summed E-state index contributed by atoms with van der Waals surface area (Å²) in [6.07, 6.45) is 19.8. The molecule has 0 aliphatic heterocycles. The number of allylic oxidation sites excluding steroid dienone is 2. The van der Waals surface area contributed by atoms with Gasteiger partial charge in [-0.05, 0) is 92.7 Å². The predicted molar refractivity (Wildman–Crippen MR) is 110 cm³/mol. The number of nitriles is 1. The van der Waals surface area contributed by atoms with E-state index in [1.165, 1.54) is 82.6 Å². The molecule has 0 N–H and O–H groups in total. The van der Waals surface area contributed by atoms with Gasteiger partial charge in [-0.3, -0.25) is 0 Å². The SMILES string of the molecule is N#C/C=C/[C@H]1CC[C@H](CCCC[C@H]2CC[C@H](c3ccc(F)cc3)CC2)CC1. The lowest BCUT2D eigenvalue weighted by Crippen LogP contribution is -2.14. The largest absolute Gasteiger partial charge is 0.207 e. The fraction of sp³-hybridized carbons (Fsp3) is 0.640. The zero-order chi connectivity index (χ0) is 18.9. The van der Waals surface area contributed by atoms with Crippen molar-refractivity contribution in [1.82, 2.24) is 0 Å². The maximum Gasteiger partial charge on any atom is 0.123 e. The highest BCUT2D eigenvalue weighted by Crippen LogP contribution is 2.38. The molecule has 0 heterocycles. The van der Waals surface area contributed by atoms with Crippen molar-refractivity contribution in [3.05, 3.63) is 47.8 Å². The second-order valence-corrected chi connectivity index (χ2v) is 8.82. The van der Waals surface area contributed by atoms with Gasteiger partial charge in [0.25, 0.3) is 0 Å². The third kappa shape index (κ3) is 6.49. The average Bonchev–Trinajstić information content (AvgIpc) is 2.72. The molecule has 0 saturated heterocycles. The summed E-state index contributed by atoms with van der Waals surface area (Å²) in [6.45, 7) is 0. The number of unbranched alkanes of at least 4 members (excludes halogenated alkanes) is 1. The number of rotatable bonds is 7. The lowest BCUT2D eigenvalue weighted by Gasteiger charge is -2.29. The Hall–Kier alpha value is -1.62. The Kier molecular flexibility index (Phi) is 7.93. The molecule has 27 heavy (non-hydrogen) atoms. The van der Waals surface area contributed by atoms with Crippen LogP contribution in [0.25, 0.3) is 0 Å². The minimum atomic E-state index is -0.125. The summed E-state index contributed by atoms with van der Waals surface area (Å²) in [5, 5.41) is 8.63. The van der Waals surface area contributed by atoms with Crippen molar-refractivity contribution >= 4 is 0 Å². The molecular weight excluding hydrogens is 333 g/mol. The van der Waals surface area contributed by atoms with Crippen LogP contribution in [0, 0.1) is 34.9 Å². The predicted octanol–water partition coefficient (Wildman–Crippen LogP) is 7.55. The summed E-state index contributed by atoms with van der Waals surface area (Å²) >= 11 is 0. The third-order valence-corrected chi connectivity index (χ3v) is 7.00. The van der Waals surface area contributed by atoms with Gasteiger partial charge in [-0.15, -0.1) is 0 Å². The first-order valence-electron chi connectivity index (χ1n) is 11.1. The van der Waals surface area contributed by atoms with Crippen molar-refractivity contribution in [3.8, 4) is 6.07 Å². The fourth-order valence-electron chi connectivity index (χ4n) is 5.23. The Morgan fingerprint density at radius 1 is 0.852 bits per heavy atom. The molecule has 2 heteroatoms. The van der Waals surface area contributed by atoms with Gasteiger partial charge in [-0.2, -0.15) is 5.26 Å². The summed E-state index contributed by atoms with van der Waals surface area (Å²) in [5.41, 5.74) is 1.33. The van der Waals surface area contributed by atoms with E-state index in [0.717, 1.165) is 11.8 Å². The third-order valence-electron chi connectivity index (χ3n) is 7.00. The number of hydrogen-bond acceptors (Lipinski definition) is 1. The van der Waals surface area contributed by atoms with E-state index in [1.54, 1.807) is 18.2 Å². The molecule has 1 aromatic carbocycles. The van der Waals surface area contributed by atoms with Crippen LogP contribution in [0.4, 0.5) is 4.39 Å². The molecule has 0 aromatic heterocycles. The van der Waals surface area contributed by atoms with Crippen LogP contribution in [0.3, 0.4) is 0 Å². The molecule has 1 nitrogen and oxygen atoms in total. The van der Waals surface area contributed by atoms with Gasteiger partial charge in [0.1, 0.15) is 5.82 Å². The molecule has 0 amide bonds. The molecule has 0 spiro atoms. The van der Waals surface area contributed by atoms with Crippen LogP contribution >= 0.6 is 0 Å². The van der Waals surface area contributed by atoms with Crippen molar-refractivity contribution in [3.63, 3.8) is 0 Å². The van der Waals surface area contributed by atoms with Gasteiger partial charge in [0.15, 0.2) is 0 Å². The number of benzene rings is 1. The molecule has 146 valence electrons. The van der Waals surface area contributed by atoms with Crippen LogP contribution in [-0.4, -0.2) is 0 Å². The van der Waals surface area contributed by atoms with E-state index in [4.69, 9.17) is 5.26 Å². The molecule has 2 aliphatic rings. The average molecular weight is 368 g/mol. The number of halogens is 1. The summed E-state index contributed by atoms with van der Waals surface area (Å²) in [7, 11) is 0. The Balaban J connectivity index is 1.26. The van der Waals surface area contributed by atoms with Gasteiger partial charge < -0.3 is 0 Å². The minimum absolute atomic E-state index is 0.125. The first-order valence-corrected chi connectivity index (χ1v) is 11.1. The molecule has 0 unspecified atom stereocenters. The van der Waals surface area contributed by atoms with E-state index in [0.29, 0.717) is 11.8 Å². The van der Waals surface area contributed by atoms with E-state index in [2.05, 4.69) is 12.1 Å². The van der Waals surface area contributed by atoms with Crippen LogP contribution in [0.1, 0.15) is 88.5 Å². The van der Waals surface area contributed by atoms with E-state index >= 15 is 0 Å². The Morgan fingerprint density at radius 2 is 1.41 bits per heavy atom. The first-order chi connectivity index (χ1) is 13.2. The van der Waals surface area contributed by atoms with Crippen molar-refractivity contribution in [2.24, 2.45) is 17.8 Å². The van der Waals surface area contributed by atoms with E-state index in [-0.39, 0.29) is 5.82 Å². The molecule has 0 radical (unpaired) electrons. The molecule has 0 atom stereocenters. The lowest BCUT2D eigenvalue weighted by atomic mass is 9.76. The van der Waals surface area contributed by atoms with Crippen molar-refractivity contribution in [2.45, 2.75) is 83.0 Å². The van der Waals surface area contributed by atoms with Gasteiger partial charge in [0.2, 0.25) is 0 Å². The van der Waals surface area contributed by atoms with Gasteiger partial charge >= 0.3 is 0 Å². The quantitative estimate of drug-likeness (QED) is 0.360. The highest BCUT2D eigenvalue weighted by atomic mass is 19.1. The van der Waals surface area contributed by atoms with E-state index in [1.807, 2.05) is 12.1 Å². The summed E-state index contributed by atoms with van der Waals surface area (Å²) < 4.78 is 13.1. The smallest absolute Gasteiger partial charge is 0.123 e. The topological polar surface area (TPSA) is 23.8 Å². The molecular formula is C25H34FN. The summed E-state index contributed by atoms with van der Waals surface area (Å²) in [5.74, 6) is 3.00. The Bertz CT molecular complexity index is 611. The molecule has 3 rings (SSSR count). The maximum absolute atomic E-state index is 13.1. The number of hydrogen-bond donors (Lipinski definition) is 0. The lowest BCUT2D eigenvalue weighted by molar-refractivity contribution is 0.273. The van der Waals surface area contributed by atoms with E-state index in [9.17, 15) is 4.39 Å². The van der Waals surface area contributed by atoms with Crippen LogP contribution in [-0.2, 0) is 0 Å². The standard InChI is InChI=1S/C25H34FN/c26-25-17-15-24(16-18-25)23-13-11-21(12-14-23)5-2-1-4-20-7-9-22(10-8-20)6-3-19-27/h3,6,15-18,20-23H,1-2,4-5,7-14H2/b6-3+/t20-,21-,22-,23-. The van der Waals surface area contributed by atoms with Crippen molar-refractivity contribution in [2.75, 3.05) is 0 Å². The summed E-state index contributed by atoms with van der Waals surface area (Å²) in [4.78, 5) is 0. The molecule has 0 bridgehead atoms. The molecule has 1 aromatic rings. The highest BCUT2D eigenvalue weighted by molar-refractivity contribution is 5.20. The second kappa shape index (κ2) is 10.6. The number of nitrogens with zero attached hydrogens (tertiary/aromatic N) is 1. The normalized spacial score (nSPS) is 28.9. The Morgan fingerprint density at radius 3 is 1.96 bits per heavy atom. The first kappa shape index (κ1) is 20.1.